The third-order valence-corrected chi connectivity index (χ3v) is 5.19. The second-order valence-electron chi connectivity index (χ2n) is 7.49. The SMILES string of the molecule is C=CC(=O)Nc1cc2c(Nc3cc(-c4ccco4)ccc3OC)ncnc2cc1OCCCOC. The van der Waals surface area contributed by atoms with Gasteiger partial charge in [0, 0.05) is 37.2 Å². The fraction of sp³-hybridized carbons (Fsp3) is 0.192. The summed E-state index contributed by atoms with van der Waals surface area (Å²) in [5, 5.41) is 6.82. The summed E-state index contributed by atoms with van der Waals surface area (Å²) in [6.45, 7) is 4.52. The Morgan fingerprint density at radius 2 is 1.97 bits per heavy atom. The molecule has 4 rings (SSSR count). The Labute approximate surface area is 202 Å². The number of methoxy groups -OCH3 is 2. The Morgan fingerprint density at radius 3 is 2.71 bits per heavy atom. The Hall–Kier alpha value is -4.37. The van der Waals surface area contributed by atoms with Crippen LogP contribution in [0.5, 0.6) is 11.5 Å². The van der Waals surface area contributed by atoms with Gasteiger partial charge in [-0.25, -0.2) is 9.97 Å². The summed E-state index contributed by atoms with van der Waals surface area (Å²) in [5.41, 5.74) is 2.69. The van der Waals surface area contributed by atoms with Gasteiger partial charge in [-0.2, -0.15) is 0 Å². The van der Waals surface area contributed by atoms with Gasteiger partial charge in [0.25, 0.3) is 0 Å². The first-order valence-corrected chi connectivity index (χ1v) is 11.0. The molecule has 0 unspecified atom stereocenters. The Bertz CT molecular complexity index is 1320. The summed E-state index contributed by atoms with van der Waals surface area (Å²) >= 11 is 0. The van der Waals surface area contributed by atoms with Crippen LogP contribution in [-0.4, -0.2) is 43.3 Å². The first kappa shape index (κ1) is 23.8. The first-order chi connectivity index (χ1) is 17.1. The van der Waals surface area contributed by atoms with Crippen molar-refractivity contribution in [2.75, 3.05) is 38.1 Å². The Kier molecular flexibility index (Phi) is 7.59. The molecule has 0 radical (unpaired) electrons. The van der Waals surface area contributed by atoms with Crippen molar-refractivity contribution in [1.29, 1.82) is 0 Å². The molecule has 2 heterocycles. The molecule has 1 amide bonds. The fourth-order valence-corrected chi connectivity index (χ4v) is 3.50. The highest BCUT2D eigenvalue weighted by atomic mass is 16.5. The van der Waals surface area contributed by atoms with E-state index in [2.05, 4.69) is 27.2 Å². The fourth-order valence-electron chi connectivity index (χ4n) is 3.50. The second-order valence-corrected chi connectivity index (χ2v) is 7.49. The van der Waals surface area contributed by atoms with Crippen molar-refractivity contribution in [2.45, 2.75) is 6.42 Å². The van der Waals surface area contributed by atoms with Crippen LogP contribution < -0.4 is 20.1 Å². The molecule has 2 N–H and O–H groups in total. The molecule has 9 heteroatoms. The van der Waals surface area contributed by atoms with Crippen LogP contribution in [0, 0.1) is 0 Å². The van der Waals surface area contributed by atoms with E-state index in [0.29, 0.717) is 59.2 Å². The van der Waals surface area contributed by atoms with Crippen LogP contribution in [0.3, 0.4) is 0 Å². The van der Waals surface area contributed by atoms with Crippen molar-refractivity contribution in [3.8, 4) is 22.8 Å². The number of fused-ring (bicyclic) bond motifs is 1. The van der Waals surface area contributed by atoms with E-state index >= 15 is 0 Å². The number of anilines is 3. The normalized spacial score (nSPS) is 10.7. The quantitative estimate of drug-likeness (QED) is 0.226. The highest BCUT2D eigenvalue weighted by Gasteiger charge is 2.15. The topological polar surface area (TPSA) is 108 Å². The van der Waals surface area contributed by atoms with Crippen molar-refractivity contribution < 1.29 is 23.4 Å². The van der Waals surface area contributed by atoms with Crippen molar-refractivity contribution in [3.63, 3.8) is 0 Å². The zero-order valence-electron chi connectivity index (χ0n) is 19.5. The number of nitrogens with zero attached hydrogens (tertiary/aromatic N) is 2. The summed E-state index contributed by atoms with van der Waals surface area (Å²) in [7, 11) is 3.23. The number of benzene rings is 2. The largest absolute Gasteiger partial charge is 0.495 e. The van der Waals surface area contributed by atoms with Gasteiger partial charge < -0.3 is 29.3 Å². The lowest BCUT2D eigenvalue weighted by Gasteiger charge is -2.16. The van der Waals surface area contributed by atoms with Crippen molar-refractivity contribution in [3.05, 3.63) is 67.7 Å². The number of amides is 1. The molecule has 0 aliphatic carbocycles. The number of hydrogen-bond acceptors (Lipinski definition) is 8. The molecule has 2 aromatic heterocycles. The van der Waals surface area contributed by atoms with Gasteiger partial charge in [0.15, 0.2) is 0 Å². The molecule has 0 aliphatic rings. The predicted molar refractivity (Wildman–Crippen MR) is 134 cm³/mol. The molecule has 9 nitrogen and oxygen atoms in total. The standard InChI is InChI=1S/C26H26N4O5/c1-4-25(31)29-21-14-18-19(15-24(21)35-12-6-10-32-2)27-16-28-26(18)30-20-13-17(8-9-23(20)33-3)22-7-5-11-34-22/h4-5,7-9,11,13-16H,1,6,10,12H2,2-3H3,(H,29,31)(H,27,28,30). The van der Waals surface area contributed by atoms with Gasteiger partial charge in [-0.1, -0.05) is 6.58 Å². The van der Waals surface area contributed by atoms with Crippen LogP contribution in [-0.2, 0) is 9.53 Å². The number of carbonyl (C=O) groups excluding carboxylic acids is 1. The summed E-state index contributed by atoms with van der Waals surface area (Å²) in [6.07, 6.45) is 4.99. The minimum absolute atomic E-state index is 0.356. The lowest BCUT2D eigenvalue weighted by Crippen LogP contribution is -2.10. The van der Waals surface area contributed by atoms with Gasteiger partial charge in [0.1, 0.15) is 29.4 Å². The number of furan rings is 1. The number of carbonyl (C=O) groups is 1. The van der Waals surface area contributed by atoms with Crippen molar-refractivity contribution >= 4 is 34.0 Å². The molecular weight excluding hydrogens is 448 g/mol. The molecule has 0 fully saturated rings. The minimum Gasteiger partial charge on any atom is -0.495 e. The molecule has 0 atom stereocenters. The average molecular weight is 475 g/mol. The van der Waals surface area contributed by atoms with Crippen LogP contribution in [0.25, 0.3) is 22.2 Å². The Balaban J connectivity index is 1.73. The Morgan fingerprint density at radius 1 is 1.09 bits per heavy atom. The molecule has 0 saturated heterocycles. The van der Waals surface area contributed by atoms with Crippen LogP contribution in [0.15, 0.2) is 72.1 Å². The van der Waals surface area contributed by atoms with E-state index in [4.69, 9.17) is 18.6 Å². The van der Waals surface area contributed by atoms with Gasteiger partial charge in [0.2, 0.25) is 5.91 Å². The molecule has 4 aromatic rings. The molecule has 0 spiro atoms. The van der Waals surface area contributed by atoms with Gasteiger partial charge in [-0.05, 0) is 42.5 Å². The summed E-state index contributed by atoms with van der Waals surface area (Å²) in [4.78, 5) is 20.9. The first-order valence-electron chi connectivity index (χ1n) is 11.0. The molecule has 180 valence electrons. The molecule has 2 aromatic carbocycles. The summed E-state index contributed by atoms with van der Waals surface area (Å²) in [6, 6.07) is 12.9. The molecule has 0 aliphatic heterocycles. The smallest absolute Gasteiger partial charge is 0.247 e. The van der Waals surface area contributed by atoms with Gasteiger partial charge >= 0.3 is 0 Å². The van der Waals surface area contributed by atoms with E-state index in [1.54, 1.807) is 32.6 Å². The maximum atomic E-state index is 12.1. The van der Waals surface area contributed by atoms with Gasteiger partial charge in [-0.3, -0.25) is 4.79 Å². The number of nitrogens with one attached hydrogen (secondary N) is 2. The zero-order valence-corrected chi connectivity index (χ0v) is 19.5. The van der Waals surface area contributed by atoms with Gasteiger partial charge in [-0.15, -0.1) is 0 Å². The lowest BCUT2D eigenvalue weighted by molar-refractivity contribution is -0.111. The zero-order chi connectivity index (χ0) is 24.6. The maximum Gasteiger partial charge on any atom is 0.247 e. The van der Waals surface area contributed by atoms with E-state index < -0.39 is 0 Å². The number of hydrogen-bond donors (Lipinski definition) is 2. The molecule has 0 saturated carbocycles. The van der Waals surface area contributed by atoms with E-state index in [-0.39, 0.29) is 5.91 Å². The van der Waals surface area contributed by atoms with Crippen molar-refractivity contribution in [1.82, 2.24) is 9.97 Å². The number of ether oxygens (including phenoxy) is 3. The molecular formula is C26H26N4O5. The number of aromatic nitrogens is 2. The lowest BCUT2D eigenvalue weighted by atomic mass is 10.1. The van der Waals surface area contributed by atoms with E-state index in [1.165, 1.54) is 12.4 Å². The minimum atomic E-state index is -0.356. The predicted octanol–water partition coefficient (Wildman–Crippen LogP) is 5.18. The van der Waals surface area contributed by atoms with Crippen LogP contribution in [0.1, 0.15) is 6.42 Å². The maximum absolute atomic E-state index is 12.1. The van der Waals surface area contributed by atoms with Gasteiger partial charge in [0.05, 0.1) is 36.9 Å². The average Bonchev–Trinajstić information content (AvgIpc) is 3.42. The number of rotatable bonds is 11. The van der Waals surface area contributed by atoms with Crippen LogP contribution >= 0.6 is 0 Å². The van der Waals surface area contributed by atoms with E-state index in [0.717, 1.165) is 11.3 Å². The van der Waals surface area contributed by atoms with Crippen LogP contribution in [0.4, 0.5) is 17.2 Å². The van der Waals surface area contributed by atoms with Crippen molar-refractivity contribution in [2.24, 2.45) is 0 Å². The molecule has 0 bridgehead atoms. The van der Waals surface area contributed by atoms with Crippen LogP contribution in [0.2, 0.25) is 0 Å². The molecule has 35 heavy (non-hydrogen) atoms. The third-order valence-electron chi connectivity index (χ3n) is 5.19. The second kappa shape index (κ2) is 11.2. The van der Waals surface area contributed by atoms with E-state index in [9.17, 15) is 4.79 Å². The van der Waals surface area contributed by atoms with E-state index in [1.807, 2.05) is 30.3 Å². The summed E-state index contributed by atoms with van der Waals surface area (Å²) < 4.78 is 22.1. The highest BCUT2D eigenvalue weighted by Crippen LogP contribution is 2.36. The monoisotopic (exact) mass is 474 g/mol. The third kappa shape index (κ3) is 5.59. The highest BCUT2D eigenvalue weighted by molar-refractivity contribution is 6.03. The summed E-state index contributed by atoms with van der Waals surface area (Å²) in [5.74, 6) is 2.03.